The monoisotopic (exact) mass is 414 g/mol. The number of methoxy groups -OCH3 is 1. The van der Waals surface area contributed by atoms with Crippen LogP contribution in [0.1, 0.15) is 10.4 Å². The highest BCUT2D eigenvalue weighted by Crippen LogP contribution is 2.26. The highest BCUT2D eigenvalue weighted by atomic mass is 19.1. The van der Waals surface area contributed by atoms with Gasteiger partial charge >= 0.3 is 11.9 Å². The first-order valence-corrected chi connectivity index (χ1v) is 9.00. The van der Waals surface area contributed by atoms with Crippen molar-refractivity contribution in [3.63, 3.8) is 0 Å². The normalized spacial score (nSPS) is 13.4. The first-order valence-electron chi connectivity index (χ1n) is 9.00. The maximum atomic E-state index is 13.0. The minimum atomic E-state index is -0.734. The summed E-state index contributed by atoms with van der Waals surface area (Å²) < 4.78 is 23.1. The van der Waals surface area contributed by atoms with Crippen LogP contribution in [0, 0.1) is 5.82 Å². The number of ether oxygens (including phenoxy) is 2. The molecule has 0 atom stereocenters. The smallest absolute Gasteiger partial charge is 0.345 e. The molecule has 30 heavy (non-hydrogen) atoms. The van der Waals surface area contributed by atoms with Crippen molar-refractivity contribution >= 4 is 23.5 Å². The Balaban J connectivity index is 1.89. The lowest BCUT2D eigenvalue weighted by atomic mass is 10.1. The fourth-order valence-corrected chi connectivity index (χ4v) is 2.92. The van der Waals surface area contributed by atoms with E-state index in [2.05, 4.69) is 5.32 Å². The average Bonchev–Trinajstić information content (AvgIpc) is 3.05. The zero-order valence-corrected chi connectivity index (χ0v) is 16.1. The maximum Gasteiger partial charge on any atom is 0.345 e. The number of benzene rings is 2. The Morgan fingerprint density at radius 1 is 1.13 bits per heavy atom. The summed E-state index contributed by atoms with van der Waals surface area (Å²) in [5, 5.41) is 12.0. The zero-order valence-electron chi connectivity index (χ0n) is 16.1. The minimum Gasteiger partial charge on any atom is -0.466 e. The van der Waals surface area contributed by atoms with Gasteiger partial charge in [-0.05, 0) is 36.4 Å². The van der Waals surface area contributed by atoms with Gasteiger partial charge in [-0.3, -0.25) is 4.79 Å². The Morgan fingerprint density at radius 2 is 1.83 bits per heavy atom. The van der Waals surface area contributed by atoms with Crippen LogP contribution in [0.5, 0.6) is 5.75 Å². The second-order valence-corrected chi connectivity index (χ2v) is 6.31. The van der Waals surface area contributed by atoms with E-state index >= 15 is 0 Å². The van der Waals surface area contributed by atoms with Crippen molar-refractivity contribution in [3.05, 3.63) is 71.2 Å². The molecule has 0 unspecified atom stereocenters. The standard InChI is InChI=1S/C21H19FN2O6/c1-29-20(27)16-12-24(10-11-25)19(26)18(16)23-17-5-3-2-4-15(17)21(28)30-14-8-6-13(22)7-9-14/h2-9,23,25H,10-12H2,1H3. The second-order valence-electron chi connectivity index (χ2n) is 6.31. The van der Waals surface area contributed by atoms with E-state index in [4.69, 9.17) is 14.6 Å². The third-order valence-electron chi connectivity index (χ3n) is 4.38. The highest BCUT2D eigenvalue weighted by molar-refractivity contribution is 6.09. The van der Waals surface area contributed by atoms with Crippen LogP contribution in [-0.2, 0) is 14.3 Å². The van der Waals surface area contributed by atoms with Crippen LogP contribution in [0.3, 0.4) is 0 Å². The molecule has 8 nitrogen and oxygen atoms in total. The van der Waals surface area contributed by atoms with E-state index in [1.807, 2.05) is 0 Å². The molecule has 2 aromatic rings. The van der Waals surface area contributed by atoms with Gasteiger partial charge in [0.15, 0.2) is 0 Å². The number of amides is 1. The highest BCUT2D eigenvalue weighted by Gasteiger charge is 2.35. The number of hydrogen-bond acceptors (Lipinski definition) is 7. The maximum absolute atomic E-state index is 13.0. The number of carbonyl (C=O) groups excluding carboxylic acids is 3. The number of β-amino-alcohol motifs (C(OH)–C–C–N with tert-alkyl or cyclic N) is 1. The van der Waals surface area contributed by atoms with E-state index in [9.17, 15) is 18.8 Å². The Kier molecular flexibility index (Phi) is 6.43. The van der Waals surface area contributed by atoms with Gasteiger partial charge in [0.2, 0.25) is 0 Å². The number of aliphatic hydroxyl groups is 1. The second kappa shape index (κ2) is 9.19. The molecule has 0 fully saturated rings. The van der Waals surface area contributed by atoms with E-state index in [1.165, 1.54) is 30.2 Å². The van der Waals surface area contributed by atoms with Crippen LogP contribution in [0.2, 0.25) is 0 Å². The number of nitrogens with zero attached hydrogens (tertiary/aromatic N) is 1. The fraction of sp³-hybridized carbons (Fsp3) is 0.190. The number of para-hydroxylation sites is 1. The minimum absolute atomic E-state index is 0.0312. The van der Waals surface area contributed by atoms with Crippen molar-refractivity contribution in [2.75, 3.05) is 32.1 Å². The van der Waals surface area contributed by atoms with E-state index in [0.717, 1.165) is 12.1 Å². The van der Waals surface area contributed by atoms with Crippen molar-refractivity contribution in [1.82, 2.24) is 4.90 Å². The number of anilines is 1. The fourth-order valence-electron chi connectivity index (χ4n) is 2.92. The van der Waals surface area contributed by atoms with Gasteiger partial charge in [-0.2, -0.15) is 0 Å². The Morgan fingerprint density at radius 3 is 2.50 bits per heavy atom. The Hall–Kier alpha value is -3.72. The molecule has 0 spiro atoms. The quantitative estimate of drug-likeness (QED) is 0.525. The predicted octanol–water partition coefficient (Wildman–Crippen LogP) is 1.72. The first-order chi connectivity index (χ1) is 14.4. The lowest BCUT2D eigenvalue weighted by molar-refractivity contribution is -0.136. The molecule has 1 aliphatic rings. The van der Waals surface area contributed by atoms with Gasteiger partial charge in [-0.1, -0.05) is 12.1 Å². The lowest BCUT2D eigenvalue weighted by Gasteiger charge is -2.16. The number of hydrogen-bond donors (Lipinski definition) is 2. The van der Waals surface area contributed by atoms with Gasteiger partial charge in [0.25, 0.3) is 5.91 Å². The van der Waals surface area contributed by atoms with Gasteiger partial charge in [0.05, 0.1) is 37.1 Å². The van der Waals surface area contributed by atoms with Crippen LogP contribution in [0.15, 0.2) is 59.8 Å². The third kappa shape index (κ3) is 4.47. The van der Waals surface area contributed by atoms with Crippen molar-refractivity contribution in [2.24, 2.45) is 0 Å². The summed E-state index contributed by atoms with van der Waals surface area (Å²) in [5.74, 6) is -2.26. The first kappa shape index (κ1) is 21.0. The molecule has 0 radical (unpaired) electrons. The summed E-state index contributed by atoms with van der Waals surface area (Å²) in [5.41, 5.74) is 0.377. The molecule has 0 aromatic heterocycles. The van der Waals surface area contributed by atoms with Gasteiger partial charge in [0.1, 0.15) is 17.3 Å². The Labute approximate surface area is 171 Å². The average molecular weight is 414 g/mol. The molecule has 9 heteroatoms. The molecule has 2 N–H and O–H groups in total. The molecular weight excluding hydrogens is 395 g/mol. The molecule has 156 valence electrons. The van der Waals surface area contributed by atoms with Gasteiger partial charge in [-0.25, -0.2) is 14.0 Å². The van der Waals surface area contributed by atoms with Crippen LogP contribution in [-0.4, -0.2) is 54.7 Å². The Bertz CT molecular complexity index is 1000. The van der Waals surface area contributed by atoms with Crippen LogP contribution < -0.4 is 10.1 Å². The summed E-state index contributed by atoms with van der Waals surface area (Å²) in [6.07, 6.45) is 0. The largest absolute Gasteiger partial charge is 0.466 e. The van der Waals surface area contributed by atoms with Gasteiger partial charge in [0, 0.05) is 6.54 Å². The molecule has 1 amide bonds. The molecular formula is C21H19FN2O6. The number of halogens is 1. The predicted molar refractivity (Wildman–Crippen MR) is 104 cm³/mol. The van der Waals surface area contributed by atoms with Crippen LogP contribution in [0.4, 0.5) is 10.1 Å². The molecule has 0 saturated carbocycles. The third-order valence-corrected chi connectivity index (χ3v) is 4.38. The van der Waals surface area contributed by atoms with Gasteiger partial charge in [-0.15, -0.1) is 0 Å². The molecule has 0 saturated heterocycles. The van der Waals surface area contributed by atoms with Crippen molar-refractivity contribution in [2.45, 2.75) is 0 Å². The van der Waals surface area contributed by atoms with E-state index in [0.29, 0.717) is 0 Å². The molecule has 1 aliphatic heterocycles. The molecule has 1 heterocycles. The van der Waals surface area contributed by atoms with E-state index < -0.39 is 23.7 Å². The summed E-state index contributed by atoms with van der Waals surface area (Å²) >= 11 is 0. The number of nitrogens with one attached hydrogen (secondary N) is 1. The number of esters is 2. The van der Waals surface area contributed by atoms with Crippen LogP contribution >= 0.6 is 0 Å². The molecule has 0 aliphatic carbocycles. The number of rotatable bonds is 7. The van der Waals surface area contributed by atoms with Crippen molar-refractivity contribution in [3.8, 4) is 5.75 Å². The molecule has 0 bridgehead atoms. The molecule has 2 aromatic carbocycles. The summed E-state index contributed by atoms with van der Waals surface area (Å²) in [7, 11) is 1.19. The van der Waals surface area contributed by atoms with E-state index in [1.54, 1.807) is 18.2 Å². The zero-order chi connectivity index (χ0) is 21.7. The SMILES string of the molecule is COC(=O)C1=C(Nc2ccccc2C(=O)Oc2ccc(F)cc2)C(=O)N(CCO)C1. The van der Waals surface area contributed by atoms with Gasteiger partial charge < -0.3 is 24.8 Å². The number of carbonyl (C=O) groups is 3. The van der Waals surface area contributed by atoms with Crippen LogP contribution in [0.25, 0.3) is 0 Å². The summed E-state index contributed by atoms with van der Waals surface area (Å²) in [6.45, 7) is -0.261. The topological polar surface area (TPSA) is 105 Å². The van der Waals surface area contributed by atoms with Crippen molar-refractivity contribution in [1.29, 1.82) is 0 Å². The number of aliphatic hydroxyl groups excluding tert-OH is 1. The molecule has 3 rings (SSSR count). The van der Waals surface area contributed by atoms with Crippen molar-refractivity contribution < 1.29 is 33.4 Å². The summed E-state index contributed by atoms with van der Waals surface area (Å²) in [6, 6.07) is 11.2. The lowest BCUT2D eigenvalue weighted by Crippen LogP contribution is -2.31. The summed E-state index contributed by atoms with van der Waals surface area (Å²) in [4.78, 5) is 38.7. The van der Waals surface area contributed by atoms with E-state index in [-0.39, 0.29) is 48.0 Å².